The summed E-state index contributed by atoms with van der Waals surface area (Å²) in [5, 5.41) is 12.3. The highest BCUT2D eigenvalue weighted by atomic mass is 35.5. The molecule has 0 saturated heterocycles. The van der Waals surface area contributed by atoms with Gasteiger partial charge in [0.1, 0.15) is 0 Å². The van der Waals surface area contributed by atoms with Crippen LogP contribution in [0.4, 0.5) is 0 Å². The first-order valence-electron chi connectivity index (χ1n) is 4.95. The molecule has 2 N–H and O–H groups in total. The summed E-state index contributed by atoms with van der Waals surface area (Å²) in [6, 6.07) is 5.38. The highest BCUT2D eigenvalue weighted by Crippen LogP contribution is 2.22. The van der Waals surface area contributed by atoms with E-state index in [0.717, 1.165) is 5.56 Å². The van der Waals surface area contributed by atoms with E-state index in [1.807, 2.05) is 6.07 Å². The third kappa shape index (κ3) is 4.39. The number of hydrogen-bond donors (Lipinski definition) is 2. The molecule has 1 aromatic carbocycles. The van der Waals surface area contributed by atoms with Gasteiger partial charge in [0, 0.05) is 13.0 Å². The Balaban J connectivity index is 2.37. The van der Waals surface area contributed by atoms with E-state index in [1.54, 1.807) is 12.1 Å². The summed E-state index contributed by atoms with van der Waals surface area (Å²) < 4.78 is 0. The molecule has 0 aromatic heterocycles. The van der Waals surface area contributed by atoms with Crippen LogP contribution in [0, 0.1) is 0 Å². The quantitative estimate of drug-likeness (QED) is 0.853. The SMILES string of the molecule is O=C(CCO)NCCc1ccc(Cl)c(Cl)c1. The van der Waals surface area contributed by atoms with Crippen molar-refractivity contribution < 1.29 is 9.90 Å². The Morgan fingerprint density at radius 1 is 1.31 bits per heavy atom. The fourth-order valence-corrected chi connectivity index (χ4v) is 1.55. The minimum atomic E-state index is -0.150. The Morgan fingerprint density at radius 2 is 2.06 bits per heavy atom. The summed E-state index contributed by atoms with van der Waals surface area (Å²) in [7, 11) is 0. The van der Waals surface area contributed by atoms with Gasteiger partial charge in [0.2, 0.25) is 5.91 Å². The number of hydrogen-bond acceptors (Lipinski definition) is 2. The molecule has 1 rings (SSSR count). The molecule has 16 heavy (non-hydrogen) atoms. The van der Waals surface area contributed by atoms with Crippen LogP contribution in [-0.4, -0.2) is 24.2 Å². The lowest BCUT2D eigenvalue weighted by molar-refractivity contribution is -0.121. The molecular weight excluding hydrogens is 249 g/mol. The van der Waals surface area contributed by atoms with Gasteiger partial charge >= 0.3 is 0 Å². The number of aliphatic hydroxyl groups excluding tert-OH is 1. The van der Waals surface area contributed by atoms with Crippen molar-refractivity contribution in [1.82, 2.24) is 5.32 Å². The predicted octanol–water partition coefficient (Wildman–Crippen LogP) is 2.03. The average molecular weight is 262 g/mol. The fourth-order valence-electron chi connectivity index (χ4n) is 1.23. The number of halogens is 2. The molecule has 3 nitrogen and oxygen atoms in total. The van der Waals surface area contributed by atoms with Gasteiger partial charge in [0.25, 0.3) is 0 Å². The van der Waals surface area contributed by atoms with Crippen molar-refractivity contribution in [3.8, 4) is 0 Å². The van der Waals surface area contributed by atoms with E-state index in [-0.39, 0.29) is 18.9 Å². The van der Waals surface area contributed by atoms with Crippen LogP contribution in [0.3, 0.4) is 0 Å². The van der Waals surface area contributed by atoms with Gasteiger partial charge in [-0.15, -0.1) is 0 Å². The molecule has 0 atom stereocenters. The molecule has 0 saturated carbocycles. The van der Waals surface area contributed by atoms with E-state index >= 15 is 0 Å². The second-order valence-corrected chi connectivity index (χ2v) is 4.14. The van der Waals surface area contributed by atoms with Crippen LogP contribution in [0.1, 0.15) is 12.0 Å². The number of benzene rings is 1. The van der Waals surface area contributed by atoms with Crippen LogP contribution in [0.2, 0.25) is 10.0 Å². The minimum Gasteiger partial charge on any atom is -0.396 e. The van der Waals surface area contributed by atoms with Crippen molar-refractivity contribution >= 4 is 29.1 Å². The van der Waals surface area contributed by atoms with E-state index < -0.39 is 0 Å². The molecule has 5 heteroatoms. The van der Waals surface area contributed by atoms with Crippen LogP contribution in [0.5, 0.6) is 0 Å². The Morgan fingerprint density at radius 3 is 2.69 bits per heavy atom. The standard InChI is InChI=1S/C11H13Cl2NO2/c12-9-2-1-8(7-10(9)13)3-5-14-11(16)4-6-15/h1-2,7,15H,3-6H2,(H,14,16). The third-order valence-corrected chi connectivity index (χ3v) is 2.80. The number of rotatable bonds is 5. The number of carbonyl (C=O) groups excluding carboxylic acids is 1. The first kappa shape index (κ1) is 13.3. The van der Waals surface area contributed by atoms with Gasteiger partial charge in [-0.2, -0.15) is 0 Å². The van der Waals surface area contributed by atoms with Crippen LogP contribution in [-0.2, 0) is 11.2 Å². The van der Waals surface area contributed by atoms with Crippen LogP contribution in [0.25, 0.3) is 0 Å². The zero-order valence-electron chi connectivity index (χ0n) is 8.67. The third-order valence-electron chi connectivity index (χ3n) is 2.06. The van der Waals surface area contributed by atoms with E-state index in [1.165, 1.54) is 0 Å². The van der Waals surface area contributed by atoms with E-state index in [2.05, 4.69) is 5.32 Å². The maximum absolute atomic E-state index is 11.0. The lowest BCUT2D eigenvalue weighted by Crippen LogP contribution is -2.26. The monoisotopic (exact) mass is 261 g/mol. The normalized spacial score (nSPS) is 10.2. The number of nitrogens with one attached hydrogen (secondary N) is 1. The topological polar surface area (TPSA) is 49.3 Å². The van der Waals surface area contributed by atoms with Crippen molar-refractivity contribution in [2.45, 2.75) is 12.8 Å². The Kier molecular flexibility index (Phi) is 5.60. The van der Waals surface area contributed by atoms with Crippen LogP contribution in [0.15, 0.2) is 18.2 Å². The largest absolute Gasteiger partial charge is 0.396 e. The summed E-state index contributed by atoms with van der Waals surface area (Å²) >= 11 is 11.6. The first-order chi connectivity index (χ1) is 7.63. The van der Waals surface area contributed by atoms with Gasteiger partial charge in [-0.25, -0.2) is 0 Å². The fraction of sp³-hybridized carbons (Fsp3) is 0.364. The van der Waals surface area contributed by atoms with Gasteiger partial charge in [0.15, 0.2) is 0 Å². The van der Waals surface area contributed by atoms with E-state index in [4.69, 9.17) is 28.3 Å². The van der Waals surface area contributed by atoms with Gasteiger partial charge in [-0.05, 0) is 24.1 Å². The van der Waals surface area contributed by atoms with Crippen molar-refractivity contribution in [1.29, 1.82) is 0 Å². The zero-order chi connectivity index (χ0) is 12.0. The molecule has 1 amide bonds. The Hall–Kier alpha value is -0.770. The molecule has 0 aliphatic carbocycles. The van der Waals surface area contributed by atoms with Crippen molar-refractivity contribution in [2.24, 2.45) is 0 Å². The molecule has 88 valence electrons. The van der Waals surface area contributed by atoms with Crippen molar-refractivity contribution in [3.63, 3.8) is 0 Å². The van der Waals surface area contributed by atoms with Crippen molar-refractivity contribution in [2.75, 3.05) is 13.2 Å². The first-order valence-corrected chi connectivity index (χ1v) is 5.70. The lowest BCUT2D eigenvalue weighted by atomic mass is 10.1. The summed E-state index contributed by atoms with van der Waals surface area (Å²) in [4.78, 5) is 11.0. The van der Waals surface area contributed by atoms with E-state index in [0.29, 0.717) is 23.0 Å². The molecule has 0 bridgehead atoms. The molecular formula is C11H13Cl2NO2. The highest BCUT2D eigenvalue weighted by Gasteiger charge is 2.01. The summed E-state index contributed by atoms with van der Waals surface area (Å²) in [6.07, 6.45) is 0.829. The number of amides is 1. The minimum absolute atomic E-state index is 0.126. The zero-order valence-corrected chi connectivity index (χ0v) is 10.2. The number of carbonyl (C=O) groups is 1. The maximum atomic E-state index is 11.0. The second-order valence-electron chi connectivity index (χ2n) is 3.32. The molecule has 0 spiro atoms. The predicted molar refractivity (Wildman–Crippen MR) is 64.9 cm³/mol. The molecule has 0 aliphatic rings. The maximum Gasteiger partial charge on any atom is 0.222 e. The van der Waals surface area contributed by atoms with Gasteiger partial charge in [-0.1, -0.05) is 29.3 Å². The van der Waals surface area contributed by atoms with Crippen LogP contribution >= 0.6 is 23.2 Å². The van der Waals surface area contributed by atoms with Gasteiger partial charge in [-0.3, -0.25) is 4.79 Å². The smallest absolute Gasteiger partial charge is 0.222 e. The summed E-state index contributed by atoms with van der Waals surface area (Å²) in [6.45, 7) is 0.398. The van der Waals surface area contributed by atoms with Crippen molar-refractivity contribution in [3.05, 3.63) is 33.8 Å². The van der Waals surface area contributed by atoms with Gasteiger partial charge in [0.05, 0.1) is 16.7 Å². The molecule has 0 unspecified atom stereocenters. The lowest BCUT2D eigenvalue weighted by Gasteiger charge is -2.05. The molecule has 0 aliphatic heterocycles. The second kappa shape index (κ2) is 6.74. The molecule has 1 aromatic rings. The highest BCUT2D eigenvalue weighted by molar-refractivity contribution is 6.42. The van der Waals surface area contributed by atoms with Gasteiger partial charge < -0.3 is 10.4 Å². The number of aliphatic hydroxyl groups is 1. The molecule has 0 heterocycles. The Labute approximate surface area is 104 Å². The molecule has 0 fully saturated rings. The summed E-state index contributed by atoms with van der Waals surface area (Å²) in [5.74, 6) is -0.150. The molecule has 0 radical (unpaired) electrons. The average Bonchev–Trinajstić information content (AvgIpc) is 2.24. The van der Waals surface area contributed by atoms with E-state index in [9.17, 15) is 4.79 Å². The Bertz CT molecular complexity index is 369. The van der Waals surface area contributed by atoms with Crippen LogP contribution < -0.4 is 5.32 Å². The summed E-state index contributed by atoms with van der Waals surface area (Å²) in [5.41, 5.74) is 1.01.